The van der Waals surface area contributed by atoms with Gasteiger partial charge in [0.2, 0.25) is 0 Å². The van der Waals surface area contributed by atoms with Crippen LogP contribution in [0.25, 0.3) is 0 Å². The van der Waals surface area contributed by atoms with Crippen molar-refractivity contribution in [1.82, 2.24) is 0 Å². The van der Waals surface area contributed by atoms with Crippen LogP contribution in [0.5, 0.6) is 0 Å². The molecular formula is HO4PbS. The third kappa shape index (κ3) is 4.98. The molecule has 1 radical (unpaired) electrons. The van der Waals surface area contributed by atoms with Gasteiger partial charge in [0.25, 0.3) is 0 Å². The van der Waals surface area contributed by atoms with Gasteiger partial charge in [0.15, 0.2) is 0 Å². The monoisotopic (exact) mass is 305 g/mol. The first-order valence-corrected chi connectivity index (χ1v) is 7.68. The van der Waals surface area contributed by atoms with Crippen LogP contribution in [0.4, 0.5) is 0 Å². The Morgan fingerprint density at radius 1 is 1.67 bits per heavy atom. The Balaban J connectivity index is 2.49. The predicted molar refractivity (Wildman–Crippen MR) is 19.2 cm³/mol. The summed E-state index contributed by atoms with van der Waals surface area (Å²) in [6.07, 6.45) is 0. The zero-order chi connectivity index (χ0) is 4.83. The molecule has 0 unspecified atom stereocenters. The van der Waals surface area contributed by atoms with Crippen LogP contribution in [0, 0.1) is 0 Å². The third-order valence-corrected chi connectivity index (χ3v) is 1.22. The molecule has 0 atom stereocenters. The summed E-state index contributed by atoms with van der Waals surface area (Å²) in [7, 11) is 4.37. The van der Waals surface area contributed by atoms with Gasteiger partial charge in [-0.2, -0.15) is 0 Å². The van der Waals surface area contributed by atoms with Crippen LogP contribution in [-0.4, -0.2) is 27.9 Å². The summed E-state index contributed by atoms with van der Waals surface area (Å²) >= 11 is -1.40. The molecule has 0 heterocycles. The van der Waals surface area contributed by atoms with Gasteiger partial charge >= 0.3 is 49.4 Å². The fourth-order valence-electron chi connectivity index (χ4n) is 0.0291. The van der Waals surface area contributed by atoms with E-state index < -0.39 is 22.6 Å². The Morgan fingerprint density at radius 2 is 2.33 bits per heavy atom. The molecule has 0 aliphatic heterocycles. The number of hydrogen-bond donors (Lipinski definition) is 1. The van der Waals surface area contributed by atoms with Crippen LogP contribution in [-0.2, 0) is 12.9 Å². The van der Waals surface area contributed by atoms with Gasteiger partial charge in [-0.05, 0) is 0 Å². The van der Waals surface area contributed by atoms with Crippen LogP contribution in [0.3, 0.4) is 0 Å². The molecule has 0 aromatic heterocycles. The second-order valence-corrected chi connectivity index (χ2v) is 3.07. The fourth-order valence-corrected chi connectivity index (χ4v) is 0.499. The Hall–Kier alpha value is 0.982. The van der Waals surface area contributed by atoms with Gasteiger partial charge in [-0.15, -0.1) is 0 Å². The normalized spacial score (nSPS) is 8.17. The summed E-state index contributed by atoms with van der Waals surface area (Å²) in [5.41, 5.74) is 0. The summed E-state index contributed by atoms with van der Waals surface area (Å²) in [6.45, 7) is 0. The summed E-state index contributed by atoms with van der Waals surface area (Å²) in [5.74, 6) is 0. The Morgan fingerprint density at radius 3 is 2.50 bits per heavy atom. The molecule has 0 fully saturated rings. The quantitative estimate of drug-likeness (QED) is 0.346. The van der Waals surface area contributed by atoms with Crippen LogP contribution in [0.1, 0.15) is 0 Å². The minimum atomic E-state index is -1.40. The van der Waals surface area contributed by atoms with E-state index in [1.807, 2.05) is 0 Å². The van der Waals surface area contributed by atoms with E-state index in [1.165, 1.54) is 0 Å². The van der Waals surface area contributed by atoms with Crippen molar-refractivity contribution >= 4 is 31.3 Å². The van der Waals surface area contributed by atoms with Crippen molar-refractivity contribution in [3.05, 3.63) is 0 Å². The summed E-state index contributed by atoms with van der Waals surface area (Å²) in [6, 6.07) is 0. The summed E-state index contributed by atoms with van der Waals surface area (Å²) < 4.78 is 4.02. The standard InChI is InChI=1S/H2O4.Pb.S/c1-3-4-2;;/h1-2H;;/q;+1;/p-1. The van der Waals surface area contributed by atoms with Crippen molar-refractivity contribution in [2.75, 3.05) is 0 Å². The fraction of sp³-hybridized carbons (Fsp3) is 0. The Kier molecular flexibility index (Phi) is 6.96. The summed E-state index contributed by atoms with van der Waals surface area (Å²) in [4.78, 5) is 0. The van der Waals surface area contributed by atoms with E-state index in [0.29, 0.717) is 0 Å². The maximum absolute atomic E-state index is 7.33. The summed E-state index contributed by atoms with van der Waals surface area (Å²) in [5, 5.41) is 13.9. The molecule has 35 valence electrons. The molecule has 0 aliphatic carbocycles. The van der Waals surface area contributed by atoms with E-state index in [1.54, 1.807) is 0 Å². The van der Waals surface area contributed by atoms with Gasteiger partial charge in [-0.3, -0.25) is 0 Å². The first-order valence-electron chi connectivity index (χ1n) is 0.924. The van der Waals surface area contributed by atoms with Gasteiger partial charge < -0.3 is 0 Å². The minimum absolute atomic E-state index is 1.40. The molecule has 0 rings (SSSR count). The Bertz CT molecular complexity index is 36.5. The molecule has 6 heavy (non-hydrogen) atoms. The average Bonchev–Trinajstić information content (AvgIpc) is 1.61. The van der Waals surface area contributed by atoms with Crippen molar-refractivity contribution in [2.45, 2.75) is 0 Å². The molecule has 6 heteroatoms. The second-order valence-electron chi connectivity index (χ2n) is 0.309. The van der Waals surface area contributed by atoms with Crippen LogP contribution < -0.4 is 0 Å². The van der Waals surface area contributed by atoms with Crippen molar-refractivity contribution in [3.63, 3.8) is 0 Å². The first kappa shape index (κ1) is 6.98. The van der Waals surface area contributed by atoms with Crippen LogP contribution >= 0.6 is 8.65 Å². The van der Waals surface area contributed by atoms with Crippen molar-refractivity contribution in [1.29, 1.82) is 0 Å². The zero-order valence-corrected chi connectivity index (χ0v) is 7.28. The van der Waals surface area contributed by atoms with E-state index in [0.717, 1.165) is 0 Å². The molecule has 0 aliphatic rings. The van der Waals surface area contributed by atoms with E-state index in [-0.39, 0.29) is 0 Å². The Labute approximate surface area is 49.5 Å². The van der Waals surface area contributed by atoms with E-state index >= 15 is 0 Å². The van der Waals surface area contributed by atoms with E-state index in [2.05, 4.69) is 21.6 Å². The first-order chi connectivity index (χ1) is 2.91. The molecule has 0 aromatic carbocycles. The molecular weight excluding hydrogens is 303 g/mol. The van der Waals surface area contributed by atoms with Crippen molar-refractivity contribution < 1.29 is 18.2 Å². The predicted octanol–water partition coefficient (Wildman–Crippen LogP) is 0.0709. The molecule has 0 amide bonds. The molecule has 0 saturated carbocycles. The molecule has 0 saturated heterocycles. The van der Waals surface area contributed by atoms with Gasteiger partial charge in [0.05, 0.1) is 0 Å². The SMILES string of the molecule is OOO[O][Pb]=[S]. The number of hydrogen-bond acceptors (Lipinski definition) is 5. The van der Waals surface area contributed by atoms with Gasteiger partial charge in [-0.25, -0.2) is 0 Å². The molecule has 1 N–H and O–H groups in total. The topological polar surface area (TPSA) is 47.9 Å². The zero-order valence-electron chi connectivity index (χ0n) is 2.58. The number of rotatable bonds is 3. The molecule has 0 spiro atoms. The molecule has 4 nitrogen and oxygen atoms in total. The van der Waals surface area contributed by atoms with Crippen LogP contribution in [0.15, 0.2) is 0 Å². The van der Waals surface area contributed by atoms with E-state index in [9.17, 15) is 0 Å². The van der Waals surface area contributed by atoms with Crippen molar-refractivity contribution in [2.24, 2.45) is 0 Å². The third-order valence-electron chi connectivity index (χ3n) is 0.0985. The van der Waals surface area contributed by atoms with Crippen LogP contribution in [0.2, 0.25) is 0 Å². The van der Waals surface area contributed by atoms with Crippen molar-refractivity contribution in [3.8, 4) is 0 Å². The maximum atomic E-state index is 7.33. The molecule has 0 bridgehead atoms. The van der Waals surface area contributed by atoms with Gasteiger partial charge in [0.1, 0.15) is 0 Å². The second kappa shape index (κ2) is 5.98. The van der Waals surface area contributed by atoms with Gasteiger partial charge in [-0.1, -0.05) is 0 Å². The average molecular weight is 304 g/mol. The molecule has 0 aromatic rings. The van der Waals surface area contributed by atoms with E-state index in [4.69, 9.17) is 5.26 Å². The van der Waals surface area contributed by atoms with Gasteiger partial charge in [0, 0.05) is 0 Å².